The summed E-state index contributed by atoms with van der Waals surface area (Å²) >= 11 is 0. The Morgan fingerprint density at radius 3 is 2.55 bits per heavy atom. The molecule has 0 spiro atoms. The Morgan fingerprint density at radius 2 is 1.83 bits per heavy atom. The summed E-state index contributed by atoms with van der Waals surface area (Å²) in [4.78, 5) is 43.1. The molecule has 2 aliphatic heterocycles. The van der Waals surface area contributed by atoms with Crippen LogP contribution in [0.3, 0.4) is 0 Å². The Hall–Kier alpha value is -3.99. The molecule has 0 radical (unpaired) electrons. The number of nitrogens with one attached hydrogen (secondary N) is 1. The van der Waals surface area contributed by atoms with Crippen molar-refractivity contribution in [3.63, 3.8) is 0 Å². The van der Waals surface area contributed by atoms with Crippen LogP contribution >= 0.6 is 0 Å². The molecule has 1 unspecified atom stereocenters. The highest BCUT2D eigenvalue weighted by atomic mass is 16.5. The van der Waals surface area contributed by atoms with Crippen LogP contribution in [0.2, 0.25) is 0 Å². The number of piperazine rings is 1. The van der Waals surface area contributed by atoms with Gasteiger partial charge in [0, 0.05) is 56.0 Å². The number of nitrogens with zero attached hydrogens (tertiary/aromatic N) is 3. The number of hydrogen-bond acceptors (Lipinski definition) is 7. The Bertz CT molecular complexity index is 1250. The first-order valence-electron chi connectivity index (χ1n) is 14.5. The number of unbranched alkanes of at least 4 members (excludes halogenated alkanes) is 2. The van der Waals surface area contributed by atoms with E-state index in [0.717, 1.165) is 30.4 Å². The molecule has 4 rings (SSSR count). The van der Waals surface area contributed by atoms with Gasteiger partial charge in [0.1, 0.15) is 5.75 Å². The third-order valence-corrected chi connectivity index (χ3v) is 7.60. The van der Waals surface area contributed by atoms with Gasteiger partial charge in [-0.25, -0.2) is 4.79 Å². The Morgan fingerprint density at radius 1 is 1.02 bits per heavy atom. The molecule has 2 heterocycles. The van der Waals surface area contributed by atoms with Gasteiger partial charge in [-0.15, -0.1) is 0 Å². The first kappa shape index (κ1) is 31.0. The highest BCUT2D eigenvalue weighted by molar-refractivity contribution is 5.93. The third-order valence-electron chi connectivity index (χ3n) is 7.60. The molecule has 0 aliphatic carbocycles. The molecule has 0 saturated carbocycles. The van der Waals surface area contributed by atoms with Gasteiger partial charge in [-0.3, -0.25) is 14.5 Å². The van der Waals surface area contributed by atoms with E-state index in [2.05, 4.69) is 12.2 Å². The molecule has 42 heavy (non-hydrogen) atoms. The maximum atomic E-state index is 13.7. The highest BCUT2D eigenvalue weighted by Gasteiger charge is 2.33. The number of hydrogen-bond donors (Lipinski definition) is 2. The van der Waals surface area contributed by atoms with Crippen LogP contribution in [0, 0.1) is 5.92 Å². The van der Waals surface area contributed by atoms with Crippen molar-refractivity contribution >= 4 is 23.5 Å². The lowest BCUT2D eigenvalue weighted by Crippen LogP contribution is -2.54. The Kier molecular flexibility index (Phi) is 10.9. The van der Waals surface area contributed by atoms with E-state index in [-0.39, 0.29) is 49.9 Å². The van der Waals surface area contributed by atoms with Gasteiger partial charge < -0.3 is 34.4 Å². The van der Waals surface area contributed by atoms with E-state index in [0.29, 0.717) is 55.7 Å². The lowest BCUT2D eigenvalue weighted by molar-refractivity contribution is -0.137. The van der Waals surface area contributed by atoms with E-state index in [1.165, 1.54) is 0 Å². The number of methoxy groups -OCH3 is 2. The second kappa shape index (κ2) is 14.8. The summed E-state index contributed by atoms with van der Waals surface area (Å²) in [5.74, 6) is 1.31. The maximum Gasteiger partial charge on any atom is 0.324 e. The summed E-state index contributed by atoms with van der Waals surface area (Å²) in [5.41, 5.74) is 2.21. The minimum Gasteiger partial charge on any atom is -0.496 e. The monoisotopic (exact) mass is 582 g/mol. The summed E-state index contributed by atoms with van der Waals surface area (Å²) in [7, 11) is 3.14. The zero-order chi connectivity index (χ0) is 30.1. The highest BCUT2D eigenvalue weighted by Crippen LogP contribution is 2.34. The van der Waals surface area contributed by atoms with Crippen LogP contribution in [0.1, 0.15) is 37.3 Å². The second-order valence-corrected chi connectivity index (χ2v) is 10.7. The van der Waals surface area contributed by atoms with Crippen LogP contribution in [0.4, 0.5) is 10.5 Å². The molecule has 1 atom stereocenters. The summed E-state index contributed by atoms with van der Waals surface area (Å²) in [6, 6.07) is 10.8. The average Bonchev–Trinajstić information content (AvgIpc) is 3.00. The topological polar surface area (TPSA) is 121 Å². The fourth-order valence-electron chi connectivity index (χ4n) is 5.27. The number of aliphatic hydroxyl groups excluding tert-OH is 1. The molecule has 2 aromatic carbocycles. The van der Waals surface area contributed by atoms with Crippen molar-refractivity contribution < 1.29 is 33.7 Å². The molecule has 228 valence electrons. The van der Waals surface area contributed by atoms with Crippen LogP contribution in [-0.2, 0) is 22.6 Å². The number of ether oxygens (including phenoxy) is 3. The molecule has 2 aliphatic rings. The van der Waals surface area contributed by atoms with E-state index in [9.17, 15) is 19.5 Å². The van der Waals surface area contributed by atoms with Gasteiger partial charge >= 0.3 is 6.03 Å². The molecule has 2 N–H and O–H groups in total. The Labute approximate surface area is 247 Å². The lowest BCUT2D eigenvalue weighted by atomic mass is 10.0. The van der Waals surface area contributed by atoms with Gasteiger partial charge in [0.25, 0.3) is 0 Å². The van der Waals surface area contributed by atoms with E-state index in [4.69, 9.17) is 14.2 Å². The number of carbonyl (C=O) groups is 3. The largest absolute Gasteiger partial charge is 0.496 e. The van der Waals surface area contributed by atoms with Crippen molar-refractivity contribution in [3.8, 4) is 17.2 Å². The van der Waals surface area contributed by atoms with Crippen molar-refractivity contribution in [2.45, 2.75) is 39.2 Å². The number of anilines is 1. The normalized spacial score (nSPS) is 17.2. The molecule has 0 aromatic heterocycles. The van der Waals surface area contributed by atoms with E-state index in [1.807, 2.05) is 24.3 Å². The zero-order valence-electron chi connectivity index (χ0n) is 24.8. The number of amides is 4. The fraction of sp³-hybridized carbons (Fsp3) is 0.516. The van der Waals surface area contributed by atoms with Crippen LogP contribution in [0.25, 0.3) is 0 Å². The number of rotatable bonds is 13. The standard InChI is InChI=1S/C31H42N4O7/c1-4-5-6-13-42-28-16-25(9-10-26(28)40-2)35-18-23(21-36)17-34(31(35)39)19-24-8-7-22(14-27(24)41-3)15-30(38)33-12-11-32-29(37)20-33/h7-10,14,16,23,36H,4-6,11-13,15,17-21H2,1-3H3,(H,32,37). The van der Waals surface area contributed by atoms with Gasteiger partial charge in [-0.05, 0) is 30.2 Å². The van der Waals surface area contributed by atoms with Gasteiger partial charge in [0.15, 0.2) is 11.5 Å². The summed E-state index contributed by atoms with van der Waals surface area (Å²) < 4.78 is 17.1. The molecule has 11 nitrogen and oxygen atoms in total. The van der Waals surface area contributed by atoms with Gasteiger partial charge in [-0.1, -0.05) is 31.9 Å². The predicted molar refractivity (Wildman–Crippen MR) is 158 cm³/mol. The SMILES string of the molecule is CCCCCOc1cc(N2CC(CO)CN(Cc3ccc(CC(=O)N4CCNC(=O)C4)cc3OC)C2=O)ccc1OC. The van der Waals surface area contributed by atoms with E-state index < -0.39 is 0 Å². The number of benzene rings is 2. The van der Waals surface area contributed by atoms with Crippen LogP contribution < -0.4 is 24.4 Å². The third kappa shape index (κ3) is 7.64. The summed E-state index contributed by atoms with van der Waals surface area (Å²) in [5, 5.41) is 12.8. The minimum atomic E-state index is -0.188. The van der Waals surface area contributed by atoms with E-state index >= 15 is 0 Å². The smallest absolute Gasteiger partial charge is 0.324 e. The van der Waals surface area contributed by atoms with Gasteiger partial charge in [0.05, 0.1) is 40.3 Å². The van der Waals surface area contributed by atoms with Crippen LogP contribution in [-0.4, -0.2) is 92.9 Å². The summed E-state index contributed by atoms with van der Waals surface area (Å²) in [6.45, 7) is 4.66. The number of aliphatic hydroxyl groups is 1. The van der Waals surface area contributed by atoms with Crippen LogP contribution in [0.5, 0.6) is 17.2 Å². The van der Waals surface area contributed by atoms with E-state index in [1.54, 1.807) is 41.1 Å². The van der Waals surface area contributed by atoms with Crippen molar-refractivity contribution in [1.82, 2.24) is 15.1 Å². The predicted octanol–water partition coefficient (Wildman–Crippen LogP) is 2.82. The van der Waals surface area contributed by atoms with Crippen molar-refractivity contribution in [2.24, 2.45) is 5.92 Å². The molecule has 4 amide bonds. The van der Waals surface area contributed by atoms with Crippen molar-refractivity contribution in [3.05, 3.63) is 47.5 Å². The molecule has 2 saturated heterocycles. The van der Waals surface area contributed by atoms with Crippen molar-refractivity contribution in [1.29, 1.82) is 0 Å². The van der Waals surface area contributed by atoms with Gasteiger partial charge in [-0.2, -0.15) is 0 Å². The number of urea groups is 1. The Balaban J connectivity index is 1.49. The molecule has 2 aromatic rings. The van der Waals surface area contributed by atoms with Gasteiger partial charge in [0.2, 0.25) is 11.8 Å². The molecular weight excluding hydrogens is 540 g/mol. The number of carbonyl (C=O) groups excluding carboxylic acids is 3. The molecule has 11 heteroatoms. The zero-order valence-corrected chi connectivity index (χ0v) is 24.8. The molecule has 0 bridgehead atoms. The first-order chi connectivity index (χ1) is 20.4. The first-order valence-corrected chi connectivity index (χ1v) is 14.5. The minimum absolute atomic E-state index is 0.0638. The quantitative estimate of drug-likeness (QED) is 0.349. The molecule has 2 fully saturated rings. The lowest BCUT2D eigenvalue weighted by Gasteiger charge is -2.40. The second-order valence-electron chi connectivity index (χ2n) is 10.7. The van der Waals surface area contributed by atoms with Crippen molar-refractivity contribution in [2.75, 3.05) is 65.1 Å². The van der Waals surface area contributed by atoms with Crippen LogP contribution in [0.15, 0.2) is 36.4 Å². The fourth-order valence-corrected chi connectivity index (χ4v) is 5.27. The maximum absolute atomic E-state index is 13.7. The average molecular weight is 583 g/mol. The summed E-state index contributed by atoms with van der Waals surface area (Å²) in [6.07, 6.45) is 3.23. The molecular formula is C31H42N4O7.